The highest BCUT2D eigenvalue weighted by molar-refractivity contribution is 5.85. The Bertz CT molecular complexity index is 479. The van der Waals surface area contributed by atoms with Crippen LogP contribution in [0, 0.1) is 0 Å². The Hall–Kier alpha value is -1.17. The van der Waals surface area contributed by atoms with Gasteiger partial charge in [-0.05, 0) is 32.0 Å². The van der Waals surface area contributed by atoms with E-state index in [0.717, 1.165) is 49.7 Å². The van der Waals surface area contributed by atoms with Gasteiger partial charge in [-0.2, -0.15) is 0 Å². The molecular formula is C17H29ClN2O3. The van der Waals surface area contributed by atoms with Gasteiger partial charge in [-0.15, -0.1) is 12.4 Å². The maximum absolute atomic E-state index is 5.55. The molecule has 1 atom stereocenters. The van der Waals surface area contributed by atoms with Crippen LogP contribution in [0.3, 0.4) is 0 Å². The van der Waals surface area contributed by atoms with E-state index in [1.54, 1.807) is 21.3 Å². The van der Waals surface area contributed by atoms with Crippen molar-refractivity contribution < 1.29 is 14.2 Å². The second-order valence-corrected chi connectivity index (χ2v) is 5.64. The van der Waals surface area contributed by atoms with Gasteiger partial charge >= 0.3 is 0 Å². The lowest BCUT2D eigenvalue weighted by Crippen LogP contribution is -2.37. The molecule has 1 N–H and O–H groups in total. The number of nitrogens with zero attached hydrogens (tertiary/aromatic N) is 1. The monoisotopic (exact) mass is 344 g/mol. The number of benzene rings is 1. The summed E-state index contributed by atoms with van der Waals surface area (Å²) in [7, 11) is 5.01. The van der Waals surface area contributed by atoms with E-state index in [0.29, 0.717) is 11.8 Å². The van der Waals surface area contributed by atoms with E-state index in [9.17, 15) is 0 Å². The summed E-state index contributed by atoms with van der Waals surface area (Å²) in [6.07, 6.45) is 2.35. The van der Waals surface area contributed by atoms with Crippen molar-refractivity contribution in [1.82, 2.24) is 10.2 Å². The molecule has 0 bridgehead atoms. The zero-order valence-corrected chi connectivity index (χ0v) is 15.4. The summed E-state index contributed by atoms with van der Waals surface area (Å²) in [5.41, 5.74) is 1.14. The number of halogens is 1. The predicted octanol–water partition coefficient (Wildman–Crippen LogP) is 2.71. The Balaban J connectivity index is 0.00000264. The minimum Gasteiger partial charge on any atom is -0.496 e. The topological polar surface area (TPSA) is 43.0 Å². The molecule has 23 heavy (non-hydrogen) atoms. The molecule has 1 aromatic rings. The Morgan fingerprint density at radius 2 is 1.74 bits per heavy atom. The van der Waals surface area contributed by atoms with Gasteiger partial charge in [0.25, 0.3) is 0 Å². The van der Waals surface area contributed by atoms with Crippen LogP contribution in [0.15, 0.2) is 12.1 Å². The molecule has 0 spiro atoms. The minimum atomic E-state index is 0. The quantitative estimate of drug-likeness (QED) is 0.785. The van der Waals surface area contributed by atoms with Crippen molar-refractivity contribution in [2.45, 2.75) is 32.4 Å². The zero-order chi connectivity index (χ0) is 15.9. The van der Waals surface area contributed by atoms with Crippen molar-refractivity contribution in [2.75, 3.05) is 41.0 Å². The van der Waals surface area contributed by atoms with Crippen LogP contribution in [0.5, 0.6) is 17.2 Å². The van der Waals surface area contributed by atoms with Crippen molar-refractivity contribution in [2.24, 2.45) is 0 Å². The molecule has 132 valence electrons. The van der Waals surface area contributed by atoms with Crippen molar-refractivity contribution in [3.05, 3.63) is 17.7 Å². The summed E-state index contributed by atoms with van der Waals surface area (Å²) in [5.74, 6) is 2.30. The largest absolute Gasteiger partial charge is 0.496 e. The van der Waals surface area contributed by atoms with Crippen LogP contribution in [0.25, 0.3) is 0 Å². The predicted molar refractivity (Wildman–Crippen MR) is 95.3 cm³/mol. The maximum Gasteiger partial charge on any atom is 0.164 e. The highest BCUT2D eigenvalue weighted by Crippen LogP contribution is 2.35. The summed E-state index contributed by atoms with van der Waals surface area (Å²) >= 11 is 0. The lowest BCUT2D eigenvalue weighted by Gasteiger charge is -2.29. The average molecular weight is 345 g/mol. The van der Waals surface area contributed by atoms with Crippen molar-refractivity contribution in [3.8, 4) is 17.2 Å². The zero-order valence-electron chi connectivity index (χ0n) is 14.6. The fraction of sp³-hybridized carbons (Fsp3) is 0.647. The molecule has 5 nitrogen and oxygen atoms in total. The van der Waals surface area contributed by atoms with Gasteiger partial charge in [-0.25, -0.2) is 0 Å². The van der Waals surface area contributed by atoms with E-state index < -0.39 is 0 Å². The van der Waals surface area contributed by atoms with E-state index >= 15 is 0 Å². The molecule has 6 heteroatoms. The lowest BCUT2D eigenvalue weighted by atomic mass is 10.1. The van der Waals surface area contributed by atoms with Gasteiger partial charge in [0.1, 0.15) is 5.75 Å². The van der Waals surface area contributed by atoms with Gasteiger partial charge < -0.3 is 19.5 Å². The van der Waals surface area contributed by atoms with Crippen LogP contribution >= 0.6 is 12.4 Å². The van der Waals surface area contributed by atoms with Gasteiger partial charge in [0, 0.05) is 30.8 Å². The SMILES string of the molecule is CCCN(Cc1cc(OC)c(OC)cc1OC)C1CCNC1.Cl. The molecular weight excluding hydrogens is 316 g/mol. The number of nitrogens with one attached hydrogen (secondary N) is 1. The van der Waals surface area contributed by atoms with E-state index in [2.05, 4.69) is 17.1 Å². The first-order valence-electron chi connectivity index (χ1n) is 7.97. The highest BCUT2D eigenvalue weighted by atomic mass is 35.5. The summed E-state index contributed by atoms with van der Waals surface area (Å²) in [6.45, 7) is 6.35. The molecule has 1 aliphatic rings. The van der Waals surface area contributed by atoms with Gasteiger partial charge in [0.15, 0.2) is 11.5 Å². The van der Waals surface area contributed by atoms with Crippen molar-refractivity contribution in [3.63, 3.8) is 0 Å². The van der Waals surface area contributed by atoms with Crippen LogP contribution in [-0.2, 0) is 6.54 Å². The van der Waals surface area contributed by atoms with E-state index in [4.69, 9.17) is 14.2 Å². The summed E-state index contributed by atoms with van der Waals surface area (Å²) < 4.78 is 16.3. The molecule has 1 aliphatic heterocycles. The van der Waals surface area contributed by atoms with Crippen LogP contribution < -0.4 is 19.5 Å². The Kier molecular flexibility index (Phi) is 8.52. The fourth-order valence-electron chi connectivity index (χ4n) is 3.06. The van der Waals surface area contributed by atoms with Crippen LogP contribution in [0.4, 0.5) is 0 Å². The molecule has 0 radical (unpaired) electrons. The van der Waals surface area contributed by atoms with Gasteiger partial charge in [-0.3, -0.25) is 4.90 Å². The Morgan fingerprint density at radius 1 is 1.09 bits per heavy atom. The van der Waals surface area contributed by atoms with Crippen molar-refractivity contribution >= 4 is 12.4 Å². The lowest BCUT2D eigenvalue weighted by molar-refractivity contribution is 0.196. The number of methoxy groups -OCH3 is 3. The molecule has 0 amide bonds. The molecule has 0 aromatic heterocycles. The number of hydrogen-bond acceptors (Lipinski definition) is 5. The van der Waals surface area contributed by atoms with Crippen LogP contribution in [0.1, 0.15) is 25.3 Å². The second-order valence-electron chi connectivity index (χ2n) is 5.64. The van der Waals surface area contributed by atoms with Crippen LogP contribution in [0.2, 0.25) is 0 Å². The minimum absolute atomic E-state index is 0. The molecule has 0 saturated carbocycles. The number of hydrogen-bond donors (Lipinski definition) is 1. The molecule has 0 aliphatic carbocycles. The third-order valence-electron chi connectivity index (χ3n) is 4.22. The normalized spacial score (nSPS) is 17.0. The third kappa shape index (κ3) is 4.90. The molecule has 1 heterocycles. The standard InChI is InChI=1S/C17H28N2O3.ClH/c1-5-8-19(14-6-7-18-11-14)12-13-9-16(21-3)17(22-4)10-15(13)20-2;/h9-10,14,18H,5-8,11-12H2,1-4H3;1H. The number of ether oxygens (including phenoxy) is 3. The molecule has 1 aromatic carbocycles. The molecule has 1 unspecified atom stereocenters. The second kappa shape index (κ2) is 9.85. The van der Waals surface area contributed by atoms with Crippen LogP contribution in [-0.4, -0.2) is 51.9 Å². The first kappa shape index (κ1) is 19.9. The van der Waals surface area contributed by atoms with Crippen molar-refractivity contribution in [1.29, 1.82) is 0 Å². The van der Waals surface area contributed by atoms with E-state index in [1.165, 1.54) is 6.42 Å². The van der Waals surface area contributed by atoms with E-state index in [1.807, 2.05) is 12.1 Å². The van der Waals surface area contributed by atoms with Gasteiger partial charge in [0.05, 0.1) is 21.3 Å². The van der Waals surface area contributed by atoms with E-state index in [-0.39, 0.29) is 12.4 Å². The van der Waals surface area contributed by atoms with Gasteiger partial charge in [-0.1, -0.05) is 6.92 Å². The van der Waals surface area contributed by atoms with Gasteiger partial charge in [0.2, 0.25) is 0 Å². The Labute approximate surface area is 145 Å². The molecule has 1 fully saturated rings. The third-order valence-corrected chi connectivity index (χ3v) is 4.22. The molecule has 1 saturated heterocycles. The Morgan fingerprint density at radius 3 is 2.26 bits per heavy atom. The summed E-state index contributed by atoms with van der Waals surface area (Å²) in [6, 6.07) is 4.53. The fourth-order valence-corrected chi connectivity index (χ4v) is 3.06. The first-order chi connectivity index (χ1) is 10.7. The molecule has 2 rings (SSSR count). The summed E-state index contributed by atoms with van der Waals surface area (Å²) in [5, 5.41) is 3.45. The average Bonchev–Trinajstić information content (AvgIpc) is 3.08. The first-order valence-corrected chi connectivity index (χ1v) is 7.97. The highest BCUT2D eigenvalue weighted by Gasteiger charge is 2.23. The summed E-state index contributed by atoms with van der Waals surface area (Å²) in [4.78, 5) is 2.53. The maximum atomic E-state index is 5.55. The smallest absolute Gasteiger partial charge is 0.164 e. The number of rotatable bonds is 8.